The van der Waals surface area contributed by atoms with E-state index in [1.165, 1.54) is 0 Å². The van der Waals surface area contributed by atoms with E-state index in [1.807, 2.05) is 13.8 Å². The zero-order chi connectivity index (χ0) is 17.9. The smallest absolute Gasteiger partial charge is 0.224 e. The summed E-state index contributed by atoms with van der Waals surface area (Å²) >= 11 is 0. The van der Waals surface area contributed by atoms with E-state index < -0.39 is 0 Å². The summed E-state index contributed by atoms with van der Waals surface area (Å²) in [7, 11) is 0. The van der Waals surface area contributed by atoms with Crippen LogP contribution in [-0.2, 0) is 9.59 Å². The van der Waals surface area contributed by atoms with Crippen LogP contribution in [0.25, 0.3) is 0 Å². The predicted molar refractivity (Wildman–Crippen MR) is 94.0 cm³/mol. The van der Waals surface area contributed by atoms with Crippen LogP contribution in [0, 0.1) is 5.92 Å². The minimum Gasteiger partial charge on any atom is -0.389 e. The summed E-state index contributed by atoms with van der Waals surface area (Å²) in [6, 6.07) is 6.95. The lowest BCUT2D eigenvalue weighted by Gasteiger charge is -2.07. The van der Waals surface area contributed by atoms with Gasteiger partial charge in [-0.05, 0) is 37.1 Å². The second-order valence-electron chi connectivity index (χ2n) is 6.26. The van der Waals surface area contributed by atoms with Gasteiger partial charge in [-0.2, -0.15) is 0 Å². The molecule has 0 aliphatic carbocycles. The largest absolute Gasteiger partial charge is 0.389 e. The molecule has 0 spiro atoms. The Hall–Kier alpha value is -2.01. The lowest BCUT2D eigenvalue weighted by molar-refractivity contribution is -0.122. The van der Waals surface area contributed by atoms with Crippen molar-refractivity contribution in [2.24, 2.45) is 5.92 Å². The summed E-state index contributed by atoms with van der Waals surface area (Å²) in [6.07, 6.45) is 4.12. The number of Topliss-reactive ketones (excluding diaryl/α,β-unsaturated/α-hetero) is 2. The van der Waals surface area contributed by atoms with Crippen LogP contribution in [0.15, 0.2) is 24.3 Å². The maximum atomic E-state index is 11.9. The van der Waals surface area contributed by atoms with Gasteiger partial charge in [0.2, 0.25) is 5.91 Å². The van der Waals surface area contributed by atoms with E-state index in [2.05, 4.69) is 5.32 Å². The van der Waals surface area contributed by atoms with Crippen molar-refractivity contribution in [2.45, 2.75) is 52.4 Å². The number of anilines is 1. The topological polar surface area (TPSA) is 83.5 Å². The number of carbonyl (C=O) groups is 3. The number of carbonyl (C=O) groups excluding carboxylic acids is 3. The van der Waals surface area contributed by atoms with Crippen LogP contribution < -0.4 is 5.32 Å². The first-order chi connectivity index (χ1) is 11.4. The number of hydrogen-bond donors (Lipinski definition) is 2. The van der Waals surface area contributed by atoms with E-state index in [9.17, 15) is 14.4 Å². The van der Waals surface area contributed by atoms with Gasteiger partial charge in [0, 0.05) is 30.0 Å². The van der Waals surface area contributed by atoms with E-state index in [-0.39, 0.29) is 30.0 Å². The highest BCUT2D eigenvalue weighted by atomic mass is 16.3. The number of nitrogens with one attached hydrogen (secondary N) is 1. The molecule has 1 aromatic rings. The second-order valence-corrected chi connectivity index (χ2v) is 6.26. The molecule has 0 saturated heterocycles. The van der Waals surface area contributed by atoms with E-state index in [0.29, 0.717) is 24.1 Å². The van der Waals surface area contributed by atoms with Crippen LogP contribution in [0.3, 0.4) is 0 Å². The number of unbranched alkanes of at least 4 members (excludes halogenated alkanes) is 3. The molecule has 0 unspecified atom stereocenters. The van der Waals surface area contributed by atoms with Crippen molar-refractivity contribution < 1.29 is 19.5 Å². The van der Waals surface area contributed by atoms with Gasteiger partial charge in [0.05, 0.1) is 0 Å². The molecule has 132 valence electrons. The number of aliphatic hydroxyl groups excluding tert-OH is 1. The fourth-order valence-electron chi connectivity index (χ4n) is 2.31. The molecule has 0 radical (unpaired) electrons. The van der Waals surface area contributed by atoms with E-state index >= 15 is 0 Å². The Morgan fingerprint density at radius 3 is 2.08 bits per heavy atom. The Labute approximate surface area is 143 Å². The summed E-state index contributed by atoms with van der Waals surface area (Å²) in [4.78, 5) is 34.6. The first-order valence-electron chi connectivity index (χ1n) is 8.50. The zero-order valence-electron chi connectivity index (χ0n) is 14.5. The van der Waals surface area contributed by atoms with Gasteiger partial charge in [-0.15, -0.1) is 0 Å². The van der Waals surface area contributed by atoms with Gasteiger partial charge in [-0.3, -0.25) is 14.4 Å². The van der Waals surface area contributed by atoms with Gasteiger partial charge in [-0.1, -0.05) is 26.7 Å². The third-order valence-electron chi connectivity index (χ3n) is 3.76. The number of hydrogen-bond acceptors (Lipinski definition) is 4. The fourth-order valence-corrected chi connectivity index (χ4v) is 2.31. The minimum atomic E-state index is -0.385. The van der Waals surface area contributed by atoms with Crippen molar-refractivity contribution in [1.82, 2.24) is 0 Å². The highest BCUT2D eigenvalue weighted by Crippen LogP contribution is 2.14. The summed E-state index contributed by atoms with van der Waals surface area (Å²) in [5, 5.41) is 11.4. The predicted octanol–water partition coefficient (Wildman–Crippen LogP) is 3.37. The lowest BCUT2D eigenvalue weighted by atomic mass is 10.0. The quantitative estimate of drug-likeness (QED) is 0.480. The van der Waals surface area contributed by atoms with Gasteiger partial charge in [0.15, 0.2) is 11.6 Å². The van der Waals surface area contributed by atoms with E-state index in [4.69, 9.17) is 5.11 Å². The van der Waals surface area contributed by atoms with E-state index in [0.717, 1.165) is 25.7 Å². The van der Waals surface area contributed by atoms with Crippen molar-refractivity contribution in [3.8, 4) is 0 Å². The highest BCUT2D eigenvalue weighted by molar-refractivity contribution is 5.98. The molecule has 5 heteroatoms. The Morgan fingerprint density at radius 1 is 0.958 bits per heavy atom. The molecule has 1 rings (SSSR count). The summed E-state index contributed by atoms with van der Waals surface area (Å²) < 4.78 is 0. The zero-order valence-corrected chi connectivity index (χ0v) is 14.5. The fraction of sp³-hybridized carbons (Fsp3) is 0.526. The molecule has 0 fully saturated rings. The number of amides is 1. The molecule has 0 aliphatic heterocycles. The first-order valence-corrected chi connectivity index (χ1v) is 8.50. The standard InChI is InChI=1S/C19H27NO4/c1-14(2)19(24)15-9-11-16(12-10-15)20-18(23)8-6-4-3-5-7-17(22)13-21/h9-12,14,21H,3-8,13H2,1-2H3,(H,20,23). The Morgan fingerprint density at radius 2 is 1.54 bits per heavy atom. The average molecular weight is 333 g/mol. The van der Waals surface area contributed by atoms with Gasteiger partial charge < -0.3 is 10.4 Å². The third kappa shape index (κ3) is 7.51. The van der Waals surface area contributed by atoms with E-state index in [1.54, 1.807) is 24.3 Å². The molecule has 5 nitrogen and oxygen atoms in total. The summed E-state index contributed by atoms with van der Waals surface area (Å²) in [5.74, 6) is -0.137. The van der Waals surface area contributed by atoms with Crippen LogP contribution in [0.1, 0.15) is 62.7 Å². The number of ketones is 2. The molecule has 0 heterocycles. The van der Waals surface area contributed by atoms with Gasteiger partial charge >= 0.3 is 0 Å². The molecule has 0 bridgehead atoms. The molecule has 0 atom stereocenters. The summed E-state index contributed by atoms with van der Waals surface area (Å²) in [5.41, 5.74) is 1.34. The van der Waals surface area contributed by atoms with Crippen molar-refractivity contribution in [3.63, 3.8) is 0 Å². The maximum absolute atomic E-state index is 11.9. The molecule has 2 N–H and O–H groups in total. The minimum absolute atomic E-state index is 0.0434. The molecule has 24 heavy (non-hydrogen) atoms. The molecule has 1 aromatic carbocycles. The number of aliphatic hydroxyl groups is 1. The Kier molecular flexibility index (Phi) is 8.94. The Bertz CT molecular complexity index is 549. The normalized spacial score (nSPS) is 10.7. The van der Waals surface area contributed by atoms with Crippen molar-refractivity contribution in [1.29, 1.82) is 0 Å². The van der Waals surface area contributed by atoms with Crippen LogP contribution in [0.4, 0.5) is 5.69 Å². The Balaban J connectivity index is 2.25. The van der Waals surface area contributed by atoms with Crippen LogP contribution >= 0.6 is 0 Å². The average Bonchev–Trinajstić information content (AvgIpc) is 2.57. The highest BCUT2D eigenvalue weighted by Gasteiger charge is 2.10. The second kappa shape index (κ2) is 10.7. The molecular formula is C19H27NO4. The van der Waals surface area contributed by atoms with Gasteiger partial charge in [-0.25, -0.2) is 0 Å². The lowest BCUT2D eigenvalue weighted by Crippen LogP contribution is -2.12. The maximum Gasteiger partial charge on any atom is 0.224 e. The SMILES string of the molecule is CC(C)C(=O)c1ccc(NC(=O)CCCCCCC(=O)CO)cc1. The molecule has 0 aromatic heterocycles. The third-order valence-corrected chi connectivity index (χ3v) is 3.76. The van der Waals surface area contributed by atoms with Crippen LogP contribution in [0.5, 0.6) is 0 Å². The van der Waals surface area contributed by atoms with Crippen molar-refractivity contribution in [2.75, 3.05) is 11.9 Å². The first kappa shape index (κ1) is 20.0. The molecule has 1 amide bonds. The summed E-state index contributed by atoms with van der Waals surface area (Å²) in [6.45, 7) is 3.33. The molecule has 0 saturated carbocycles. The van der Waals surface area contributed by atoms with Crippen LogP contribution in [0.2, 0.25) is 0 Å². The van der Waals surface area contributed by atoms with Gasteiger partial charge in [0.25, 0.3) is 0 Å². The van der Waals surface area contributed by atoms with Crippen molar-refractivity contribution in [3.05, 3.63) is 29.8 Å². The number of rotatable bonds is 11. The molecule has 0 aliphatic rings. The molecular weight excluding hydrogens is 306 g/mol. The van der Waals surface area contributed by atoms with Crippen molar-refractivity contribution >= 4 is 23.2 Å². The van der Waals surface area contributed by atoms with Gasteiger partial charge in [0.1, 0.15) is 6.61 Å². The van der Waals surface area contributed by atoms with Crippen LogP contribution in [-0.4, -0.2) is 29.2 Å². The monoisotopic (exact) mass is 333 g/mol. The number of benzene rings is 1.